The van der Waals surface area contributed by atoms with Gasteiger partial charge in [-0.2, -0.15) is 0 Å². The molecule has 12 heavy (non-hydrogen) atoms. The Morgan fingerprint density at radius 1 is 1.58 bits per heavy atom. The smallest absolute Gasteiger partial charge is 0.237 e. The summed E-state index contributed by atoms with van der Waals surface area (Å²) in [6, 6.07) is 0.456. The van der Waals surface area contributed by atoms with Crippen LogP contribution in [0.2, 0.25) is 0 Å². The van der Waals surface area contributed by atoms with Crippen molar-refractivity contribution >= 4 is 5.91 Å². The molecule has 2 aliphatic heterocycles. The molecule has 2 heterocycles. The molecule has 1 unspecified atom stereocenters. The zero-order valence-electron chi connectivity index (χ0n) is 7.42. The van der Waals surface area contributed by atoms with E-state index < -0.39 is 0 Å². The Labute approximate surface area is 72.5 Å². The van der Waals surface area contributed by atoms with Gasteiger partial charge in [0.05, 0.1) is 13.2 Å². The molecular weight excluding hydrogens is 154 g/mol. The Balaban J connectivity index is 1.96. The van der Waals surface area contributed by atoms with Gasteiger partial charge >= 0.3 is 0 Å². The van der Waals surface area contributed by atoms with Crippen LogP contribution in [0.5, 0.6) is 0 Å². The van der Waals surface area contributed by atoms with Crippen molar-refractivity contribution in [1.29, 1.82) is 0 Å². The summed E-state index contributed by atoms with van der Waals surface area (Å²) in [5, 5.41) is 3.07. The molecule has 1 N–H and O–H groups in total. The zero-order chi connectivity index (χ0) is 8.55. The Kier molecular flexibility index (Phi) is 2.02. The molecule has 0 spiro atoms. The van der Waals surface area contributed by atoms with Gasteiger partial charge in [0, 0.05) is 12.6 Å². The average Bonchev–Trinajstić information content (AvgIpc) is 2.58. The second-order valence-corrected chi connectivity index (χ2v) is 3.65. The molecule has 1 amide bonds. The summed E-state index contributed by atoms with van der Waals surface area (Å²) >= 11 is 0. The molecule has 0 saturated carbocycles. The second kappa shape index (κ2) is 3.03. The molecule has 4 heteroatoms. The van der Waals surface area contributed by atoms with Gasteiger partial charge in [0.1, 0.15) is 0 Å². The molecule has 0 aromatic rings. The molecule has 68 valence electrons. The number of likely N-dealkylation sites (tertiary alicyclic amines) is 1. The fourth-order valence-electron chi connectivity index (χ4n) is 1.97. The summed E-state index contributed by atoms with van der Waals surface area (Å²) in [7, 11) is 2.11. The van der Waals surface area contributed by atoms with Crippen molar-refractivity contribution < 1.29 is 4.79 Å². The van der Waals surface area contributed by atoms with Crippen LogP contribution in [-0.2, 0) is 4.79 Å². The van der Waals surface area contributed by atoms with E-state index in [9.17, 15) is 4.79 Å². The van der Waals surface area contributed by atoms with Gasteiger partial charge in [-0.05, 0) is 20.0 Å². The lowest BCUT2D eigenvalue weighted by atomic mass is 10.2. The van der Waals surface area contributed by atoms with E-state index in [0.717, 1.165) is 26.2 Å². The van der Waals surface area contributed by atoms with Crippen LogP contribution in [0, 0.1) is 0 Å². The minimum atomic E-state index is 0.260. The molecule has 1 atom stereocenters. The van der Waals surface area contributed by atoms with E-state index in [1.807, 2.05) is 4.90 Å². The molecule has 2 rings (SSSR count). The van der Waals surface area contributed by atoms with E-state index in [1.165, 1.54) is 0 Å². The Hall–Kier alpha value is -0.610. The summed E-state index contributed by atoms with van der Waals surface area (Å²) in [5.41, 5.74) is 0. The summed E-state index contributed by atoms with van der Waals surface area (Å²) in [6.45, 7) is 3.43. The lowest BCUT2D eigenvalue weighted by Gasteiger charge is -2.22. The normalized spacial score (nSPS) is 31.9. The van der Waals surface area contributed by atoms with Crippen LogP contribution in [-0.4, -0.2) is 55.1 Å². The molecule has 4 nitrogen and oxygen atoms in total. The first-order valence-electron chi connectivity index (χ1n) is 4.46. The van der Waals surface area contributed by atoms with E-state index in [1.54, 1.807) is 0 Å². The number of carbonyl (C=O) groups excluding carboxylic acids is 1. The standard InChI is InChI=1S/C8H15N3O/c1-10-3-2-7(5-10)11-6-9-4-8(11)12/h7,9H,2-6H2,1H3. The monoisotopic (exact) mass is 169 g/mol. The van der Waals surface area contributed by atoms with Crippen LogP contribution >= 0.6 is 0 Å². The topological polar surface area (TPSA) is 35.6 Å². The predicted molar refractivity (Wildman–Crippen MR) is 45.6 cm³/mol. The third kappa shape index (κ3) is 1.32. The summed E-state index contributed by atoms with van der Waals surface area (Å²) in [4.78, 5) is 15.5. The van der Waals surface area contributed by atoms with Crippen molar-refractivity contribution in [3.63, 3.8) is 0 Å². The maximum atomic E-state index is 11.3. The van der Waals surface area contributed by atoms with Crippen LogP contribution in [0.4, 0.5) is 0 Å². The molecule has 0 aromatic heterocycles. The molecule has 2 saturated heterocycles. The molecule has 0 aromatic carbocycles. The minimum absolute atomic E-state index is 0.260. The van der Waals surface area contributed by atoms with Gasteiger partial charge in [-0.15, -0.1) is 0 Å². The number of nitrogens with one attached hydrogen (secondary N) is 1. The first-order valence-corrected chi connectivity index (χ1v) is 4.46. The van der Waals surface area contributed by atoms with Crippen molar-refractivity contribution in [3.05, 3.63) is 0 Å². The predicted octanol–water partition coefficient (Wildman–Crippen LogP) is -0.920. The maximum absolute atomic E-state index is 11.3. The number of hydrogen-bond acceptors (Lipinski definition) is 3. The maximum Gasteiger partial charge on any atom is 0.237 e. The molecule has 2 fully saturated rings. The number of carbonyl (C=O) groups is 1. The van der Waals surface area contributed by atoms with Gasteiger partial charge in [0.15, 0.2) is 0 Å². The largest absolute Gasteiger partial charge is 0.324 e. The first kappa shape index (κ1) is 8.01. The van der Waals surface area contributed by atoms with E-state index >= 15 is 0 Å². The van der Waals surface area contributed by atoms with Crippen molar-refractivity contribution in [3.8, 4) is 0 Å². The van der Waals surface area contributed by atoms with Crippen LogP contribution in [0.25, 0.3) is 0 Å². The van der Waals surface area contributed by atoms with Crippen molar-refractivity contribution in [2.45, 2.75) is 12.5 Å². The van der Waals surface area contributed by atoms with Gasteiger partial charge in [0.25, 0.3) is 0 Å². The second-order valence-electron chi connectivity index (χ2n) is 3.65. The van der Waals surface area contributed by atoms with Crippen LogP contribution < -0.4 is 5.32 Å². The van der Waals surface area contributed by atoms with Gasteiger partial charge in [-0.3, -0.25) is 10.1 Å². The van der Waals surface area contributed by atoms with Gasteiger partial charge in [-0.1, -0.05) is 0 Å². The highest BCUT2D eigenvalue weighted by Gasteiger charge is 2.31. The highest BCUT2D eigenvalue weighted by Crippen LogP contribution is 2.14. The molecule has 2 aliphatic rings. The van der Waals surface area contributed by atoms with Gasteiger partial charge in [0.2, 0.25) is 5.91 Å². The molecule has 0 radical (unpaired) electrons. The third-order valence-corrected chi connectivity index (χ3v) is 2.69. The highest BCUT2D eigenvalue weighted by atomic mass is 16.2. The van der Waals surface area contributed by atoms with E-state index in [0.29, 0.717) is 12.6 Å². The van der Waals surface area contributed by atoms with Crippen LogP contribution in [0.3, 0.4) is 0 Å². The first-order chi connectivity index (χ1) is 5.77. The van der Waals surface area contributed by atoms with Gasteiger partial charge in [-0.25, -0.2) is 0 Å². The van der Waals surface area contributed by atoms with Crippen molar-refractivity contribution in [2.24, 2.45) is 0 Å². The Morgan fingerprint density at radius 2 is 2.42 bits per heavy atom. The Bertz CT molecular complexity index is 195. The molecule has 0 aliphatic carbocycles. The average molecular weight is 169 g/mol. The minimum Gasteiger partial charge on any atom is -0.324 e. The highest BCUT2D eigenvalue weighted by molar-refractivity contribution is 5.80. The number of rotatable bonds is 1. The molecular formula is C8H15N3O. The van der Waals surface area contributed by atoms with Crippen molar-refractivity contribution in [1.82, 2.24) is 15.1 Å². The Morgan fingerprint density at radius 3 is 2.92 bits per heavy atom. The van der Waals surface area contributed by atoms with E-state index in [4.69, 9.17) is 0 Å². The van der Waals surface area contributed by atoms with Crippen LogP contribution in [0.1, 0.15) is 6.42 Å². The van der Waals surface area contributed by atoms with Crippen LogP contribution in [0.15, 0.2) is 0 Å². The summed E-state index contributed by atoms with van der Waals surface area (Å²) in [5.74, 6) is 0.260. The van der Waals surface area contributed by atoms with E-state index in [-0.39, 0.29) is 5.91 Å². The van der Waals surface area contributed by atoms with Gasteiger partial charge < -0.3 is 9.80 Å². The summed E-state index contributed by atoms with van der Waals surface area (Å²) in [6.07, 6.45) is 1.13. The number of amides is 1. The zero-order valence-corrected chi connectivity index (χ0v) is 7.42. The lowest BCUT2D eigenvalue weighted by molar-refractivity contribution is -0.128. The number of likely N-dealkylation sites (N-methyl/N-ethyl adjacent to an activating group) is 1. The SMILES string of the molecule is CN1CCC(N2CNCC2=O)C1. The fraction of sp³-hybridized carbons (Fsp3) is 0.875. The third-order valence-electron chi connectivity index (χ3n) is 2.69. The van der Waals surface area contributed by atoms with Crippen molar-refractivity contribution in [2.75, 3.05) is 33.4 Å². The number of nitrogens with zero attached hydrogens (tertiary/aromatic N) is 2. The summed E-state index contributed by atoms with van der Waals surface area (Å²) < 4.78 is 0. The lowest BCUT2D eigenvalue weighted by Crippen LogP contribution is -2.38. The number of hydrogen-bond donors (Lipinski definition) is 1. The van der Waals surface area contributed by atoms with E-state index in [2.05, 4.69) is 17.3 Å². The molecule has 0 bridgehead atoms. The fourth-order valence-corrected chi connectivity index (χ4v) is 1.97. The quantitative estimate of drug-likeness (QED) is 0.551.